The molecule has 6 rings (SSSR count). The van der Waals surface area contributed by atoms with E-state index in [4.69, 9.17) is 24.9 Å². The van der Waals surface area contributed by atoms with Crippen LogP contribution >= 0.6 is 0 Å². The monoisotopic (exact) mass is 699 g/mol. The first-order chi connectivity index (χ1) is 24.8. The number of methoxy groups -OCH3 is 1. The average molecular weight is 700 g/mol. The second-order valence-corrected chi connectivity index (χ2v) is 12.3. The Morgan fingerprint density at radius 2 is 1.78 bits per heavy atom. The number of piperazine rings is 2. The van der Waals surface area contributed by atoms with Crippen molar-refractivity contribution in [1.29, 1.82) is 0 Å². The van der Waals surface area contributed by atoms with Crippen LogP contribution in [0.2, 0.25) is 0 Å². The van der Waals surface area contributed by atoms with E-state index in [-0.39, 0.29) is 23.2 Å². The van der Waals surface area contributed by atoms with Crippen molar-refractivity contribution in [2.24, 2.45) is 20.7 Å². The number of carbonyl (C=O) groups excluding carboxylic acids is 2. The molecule has 4 heterocycles. The van der Waals surface area contributed by atoms with Crippen LogP contribution in [0.4, 0.5) is 16.3 Å². The fourth-order valence-electron chi connectivity index (χ4n) is 6.22. The summed E-state index contributed by atoms with van der Waals surface area (Å²) in [7, 11) is 1.56. The fraction of sp³-hybridized carbons (Fsp3) is 0.429. The number of nitrogens with two attached hydrogens (primary N) is 1. The van der Waals surface area contributed by atoms with Crippen LogP contribution in [-0.2, 0) is 11.3 Å². The predicted molar refractivity (Wildman–Crippen MR) is 196 cm³/mol. The number of benzene rings is 2. The van der Waals surface area contributed by atoms with Gasteiger partial charge in [-0.3, -0.25) is 14.3 Å². The summed E-state index contributed by atoms with van der Waals surface area (Å²) in [6.07, 6.45) is 1.75. The van der Waals surface area contributed by atoms with Crippen LogP contribution in [0.5, 0.6) is 17.2 Å². The molecule has 0 spiro atoms. The molecule has 3 aromatic rings. The number of rotatable bonds is 10. The number of hydrogen-bond donors (Lipinski definition) is 3. The van der Waals surface area contributed by atoms with Gasteiger partial charge in [0.25, 0.3) is 5.91 Å². The molecule has 51 heavy (non-hydrogen) atoms. The van der Waals surface area contributed by atoms with Crippen LogP contribution in [0.3, 0.4) is 0 Å². The molecule has 270 valence electrons. The van der Waals surface area contributed by atoms with Gasteiger partial charge < -0.3 is 40.4 Å². The molecular weight excluding hydrogens is 654 g/mol. The Kier molecular flexibility index (Phi) is 11.4. The van der Waals surface area contributed by atoms with E-state index in [2.05, 4.69) is 42.1 Å². The highest BCUT2D eigenvalue weighted by Gasteiger charge is 2.24. The van der Waals surface area contributed by atoms with Gasteiger partial charge in [-0.25, -0.2) is 19.8 Å². The van der Waals surface area contributed by atoms with Crippen molar-refractivity contribution in [2.45, 2.75) is 19.9 Å². The summed E-state index contributed by atoms with van der Waals surface area (Å²) in [6, 6.07) is 11.5. The molecule has 2 saturated heterocycles. The van der Waals surface area contributed by atoms with Gasteiger partial charge in [-0.05, 0) is 56.5 Å². The van der Waals surface area contributed by atoms with Crippen molar-refractivity contribution < 1.29 is 23.8 Å². The van der Waals surface area contributed by atoms with Crippen LogP contribution in [0.15, 0.2) is 63.1 Å². The number of ether oxygens (including phenoxy) is 3. The Balaban J connectivity index is 1.02. The zero-order valence-corrected chi connectivity index (χ0v) is 29.1. The van der Waals surface area contributed by atoms with Gasteiger partial charge in [-0.1, -0.05) is 0 Å². The second kappa shape index (κ2) is 16.5. The second-order valence-electron chi connectivity index (χ2n) is 12.3. The maximum absolute atomic E-state index is 12.9. The van der Waals surface area contributed by atoms with Gasteiger partial charge in [0.05, 0.1) is 13.7 Å². The summed E-state index contributed by atoms with van der Waals surface area (Å²) in [5, 5.41) is 7.55. The Bertz CT molecular complexity index is 1880. The molecule has 16 nitrogen and oxygen atoms in total. The number of aliphatic imine (C=N–C) groups is 2. The predicted octanol–water partition coefficient (Wildman–Crippen LogP) is 1.81. The molecule has 0 radical (unpaired) electrons. The van der Waals surface area contributed by atoms with Crippen LogP contribution in [0, 0.1) is 0 Å². The number of amides is 2. The number of carbonyl (C=O) groups is 2. The summed E-state index contributed by atoms with van der Waals surface area (Å²) in [6.45, 7) is 14.0. The maximum atomic E-state index is 12.9. The highest BCUT2D eigenvalue weighted by atomic mass is 16.6. The number of nitrogens with zero attached hydrogens (tertiary/aromatic N) is 8. The Morgan fingerprint density at radius 1 is 1.02 bits per heavy atom. The van der Waals surface area contributed by atoms with Crippen LogP contribution in [0.1, 0.15) is 13.3 Å². The average Bonchev–Trinajstić information content (AvgIpc) is 3.67. The van der Waals surface area contributed by atoms with E-state index in [0.717, 1.165) is 69.1 Å². The first-order valence-corrected chi connectivity index (χ1v) is 17.1. The number of fused-ring (bicyclic) bond motifs is 3. The topological polar surface area (TPSA) is 177 Å². The minimum absolute atomic E-state index is 0.0497. The van der Waals surface area contributed by atoms with Gasteiger partial charge >= 0.3 is 6.09 Å². The minimum atomic E-state index is -0.510. The van der Waals surface area contributed by atoms with Crippen LogP contribution in [-0.4, -0.2) is 123 Å². The molecule has 0 aliphatic carbocycles. The van der Waals surface area contributed by atoms with Gasteiger partial charge in [-0.2, -0.15) is 4.99 Å². The van der Waals surface area contributed by atoms with Crippen molar-refractivity contribution in [1.82, 2.24) is 24.7 Å². The number of hydrogen-bond acceptors (Lipinski definition) is 11. The molecule has 0 bridgehead atoms. The zero-order valence-electron chi connectivity index (χ0n) is 29.1. The molecule has 4 N–H and O–H groups in total. The quantitative estimate of drug-likeness (QED) is 0.122. The molecule has 2 amide bonds. The van der Waals surface area contributed by atoms with Crippen molar-refractivity contribution in [3.05, 3.63) is 53.8 Å². The lowest BCUT2D eigenvalue weighted by atomic mass is 10.2. The molecule has 0 saturated carbocycles. The van der Waals surface area contributed by atoms with Crippen molar-refractivity contribution >= 4 is 47.1 Å². The number of nitrogens with one attached hydrogen (secondary N) is 2. The van der Waals surface area contributed by atoms with E-state index in [9.17, 15) is 9.59 Å². The lowest BCUT2D eigenvalue weighted by Crippen LogP contribution is -2.49. The molecule has 0 atom stereocenters. The number of anilines is 2. The van der Waals surface area contributed by atoms with Crippen molar-refractivity contribution in [3.63, 3.8) is 0 Å². The molecular formula is C35H45N11O5. The third-order valence-corrected chi connectivity index (χ3v) is 9.03. The van der Waals surface area contributed by atoms with Gasteiger partial charge in [0.1, 0.15) is 17.1 Å². The summed E-state index contributed by atoms with van der Waals surface area (Å²) in [5.41, 5.74) is 7.72. The summed E-state index contributed by atoms with van der Waals surface area (Å²) < 4.78 is 19.5. The molecule has 0 unspecified atom stereocenters. The SMILES string of the molecule is C=NC(N)=N/C=C(\C)C(=O)N=c1nc2c(OC)c(OCCCN3CCN(C(=O)Oc4ccc(N5CCNCC5)cc4)CC3)ccc2c2n1CCN2. The first-order valence-electron chi connectivity index (χ1n) is 17.1. The third-order valence-electron chi connectivity index (χ3n) is 9.03. The Labute approximate surface area is 296 Å². The fourth-order valence-corrected chi connectivity index (χ4v) is 6.22. The Hall–Kier alpha value is -5.48. The van der Waals surface area contributed by atoms with Crippen LogP contribution in [0.25, 0.3) is 10.9 Å². The van der Waals surface area contributed by atoms with E-state index < -0.39 is 5.91 Å². The molecule has 16 heteroatoms. The smallest absolute Gasteiger partial charge is 0.415 e. The van der Waals surface area contributed by atoms with E-state index in [1.807, 2.05) is 41.0 Å². The largest absolute Gasteiger partial charge is 0.491 e. The van der Waals surface area contributed by atoms with Gasteiger partial charge in [-0.15, -0.1) is 0 Å². The number of guanidine groups is 1. The third kappa shape index (κ3) is 8.46. The summed E-state index contributed by atoms with van der Waals surface area (Å²) >= 11 is 0. The Morgan fingerprint density at radius 3 is 2.51 bits per heavy atom. The summed E-state index contributed by atoms with van der Waals surface area (Å²) in [5.74, 6) is 1.79. The molecule has 2 fully saturated rings. The van der Waals surface area contributed by atoms with E-state index >= 15 is 0 Å². The normalized spacial score (nSPS) is 17.3. The van der Waals surface area contributed by atoms with Crippen molar-refractivity contribution in [3.8, 4) is 17.2 Å². The first kappa shape index (κ1) is 35.3. The van der Waals surface area contributed by atoms with E-state index in [1.54, 1.807) is 18.9 Å². The number of aromatic nitrogens is 2. The molecule has 1 aromatic heterocycles. The highest BCUT2D eigenvalue weighted by molar-refractivity contribution is 5.96. The highest BCUT2D eigenvalue weighted by Crippen LogP contribution is 2.37. The molecule has 3 aliphatic heterocycles. The van der Waals surface area contributed by atoms with Gasteiger partial charge in [0.15, 0.2) is 11.5 Å². The maximum Gasteiger partial charge on any atom is 0.415 e. The van der Waals surface area contributed by atoms with Gasteiger partial charge in [0.2, 0.25) is 11.6 Å². The lowest BCUT2D eigenvalue weighted by Gasteiger charge is -2.34. The van der Waals surface area contributed by atoms with E-state index in [0.29, 0.717) is 55.6 Å². The zero-order chi connectivity index (χ0) is 35.7. The van der Waals surface area contributed by atoms with Crippen LogP contribution < -0.4 is 41.1 Å². The summed E-state index contributed by atoms with van der Waals surface area (Å²) in [4.78, 5) is 48.6. The minimum Gasteiger partial charge on any atom is -0.491 e. The van der Waals surface area contributed by atoms with Crippen molar-refractivity contribution in [2.75, 3.05) is 89.4 Å². The standard InChI is InChI=1S/C35H45N11O5/c1-24(23-40-33(36)37-2)32(47)42-34-41-29-27(31-39-13-17-46(31)34)9-10-28(30(29)49-3)50-22-4-14-43-18-20-45(21-19-43)35(48)51-26-7-5-25(6-8-26)44-15-11-38-12-16-44/h5-10,23,38-39H,2,4,11-22H2,1,3H3,(H2,36,40)/b24-23+,42-34?. The lowest BCUT2D eigenvalue weighted by molar-refractivity contribution is -0.114. The van der Waals surface area contributed by atoms with E-state index in [1.165, 1.54) is 6.20 Å². The molecule has 3 aliphatic rings. The van der Waals surface area contributed by atoms with Gasteiger partial charge in [0, 0.05) is 94.8 Å². The molecule has 2 aromatic carbocycles.